The lowest BCUT2D eigenvalue weighted by Crippen LogP contribution is -2.38. The van der Waals surface area contributed by atoms with Crippen molar-refractivity contribution >= 4 is 12.4 Å². The Morgan fingerprint density at radius 1 is 1.47 bits per heavy atom. The van der Waals surface area contributed by atoms with Crippen LogP contribution in [0.15, 0.2) is 0 Å². The summed E-state index contributed by atoms with van der Waals surface area (Å²) in [5, 5.41) is 0. The predicted octanol–water partition coefficient (Wildman–Crippen LogP) is 0.324. The van der Waals surface area contributed by atoms with Crippen molar-refractivity contribution in [2.24, 2.45) is 5.92 Å². The summed E-state index contributed by atoms with van der Waals surface area (Å²) in [4.78, 5) is 29.5. The first-order valence-corrected chi connectivity index (χ1v) is 5.75. The number of rotatable bonds is 1. The molecule has 1 amide bonds. The molecule has 0 radical (unpaired) electrons. The van der Waals surface area contributed by atoms with E-state index in [1.807, 2.05) is 20.8 Å². The summed E-state index contributed by atoms with van der Waals surface area (Å²) in [5.74, 6) is 0.0278. The number of ether oxygens (including phenoxy) is 1. The average Bonchev–Trinajstić information content (AvgIpc) is 2.72. The van der Waals surface area contributed by atoms with Crippen LogP contribution in [0.4, 0.5) is 4.79 Å². The highest BCUT2D eigenvalue weighted by molar-refractivity contribution is 5.69. The molecular formula is C11H18N2O4. The Morgan fingerprint density at radius 2 is 2.18 bits per heavy atom. The number of aldehydes is 1. The summed E-state index contributed by atoms with van der Waals surface area (Å²) in [6, 6.07) is -0.326. The highest BCUT2D eigenvalue weighted by atomic mass is 16.7. The molecule has 3 atom stereocenters. The molecular weight excluding hydrogens is 224 g/mol. The van der Waals surface area contributed by atoms with Crippen molar-refractivity contribution in [1.29, 1.82) is 0 Å². The minimum atomic E-state index is -0.502. The van der Waals surface area contributed by atoms with E-state index in [9.17, 15) is 9.59 Å². The van der Waals surface area contributed by atoms with Gasteiger partial charge in [-0.15, -0.1) is 0 Å². The first-order chi connectivity index (χ1) is 7.90. The average molecular weight is 242 g/mol. The van der Waals surface area contributed by atoms with Crippen molar-refractivity contribution in [3.05, 3.63) is 0 Å². The van der Waals surface area contributed by atoms with E-state index < -0.39 is 5.60 Å². The number of fused-ring (bicyclic) bond motifs is 1. The number of hydrogen-bond donors (Lipinski definition) is 1. The van der Waals surface area contributed by atoms with Crippen LogP contribution in [-0.2, 0) is 14.4 Å². The lowest BCUT2D eigenvalue weighted by Gasteiger charge is -2.25. The van der Waals surface area contributed by atoms with Gasteiger partial charge in [0.1, 0.15) is 18.0 Å². The Morgan fingerprint density at radius 3 is 2.76 bits per heavy atom. The molecule has 1 N–H and O–H groups in total. The lowest BCUT2D eigenvalue weighted by atomic mass is 10.0. The summed E-state index contributed by atoms with van der Waals surface area (Å²) in [5.41, 5.74) is 2.17. The maximum atomic E-state index is 11.8. The number of carbonyl (C=O) groups excluding carboxylic acids is 2. The molecule has 2 aliphatic heterocycles. The molecule has 0 aliphatic carbocycles. The molecule has 6 nitrogen and oxygen atoms in total. The van der Waals surface area contributed by atoms with Gasteiger partial charge in [-0.05, 0) is 20.8 Å². The summed E-state index contributed by atoms with van der Waals surface area (Å²) in [6.45, 7) is 6.45. The molecule has 0 bridgehead atoms. The number of nitrogens with one attached hydrogen (secondary N) is 1. The van der Waals surface area contributed by atoms with Crippen LogP contribution in [0.25, 0.3) is 0 Å². The van der Waals surface area contributed by atoms with Crippen molar-refractivity contribution in [2.45, 2.75) is 38.5 Å². The van der Waals surface area contributed by atoms with Gasteiger partial charge in [-0.25, -0.2) is 4.79 Å². The minimum Gasteiger partial charge on any atom is -0.444 e. The SMILES string of the molecule is CC(C)(C)OC(=O)N1CC2ONC(C=O)C2C1. The van der Waals surface area contributed by atoms with Gasteiger partial charge in [-0.3, -0.25) is 4.84 Å². The number of nitrogens with zero attached hydrogens (tertiary/aromatic N) is 1. The molecule has 0 spiro atoms. The largest absolute Gasteiger partial charge is 0.444 e. The predicted molar refractivity (Wildman–Crippen MR) is 59.2 cm³/mol. The number of carbonyl (C=O) groups is 2. The third-order valence-electron chi connectivity index (χ3n) is 2.92. The van der Waals surface area contributed by atoms with Crippen LogP contribution < -0.4 is 5.48 Å². The van der Waals surface area contributed by atoms with Gasteiger partial charge in [0.25, 0.3) is 0 Å². The van der Waals surface area contributed by atoms with Crippen LogP contribution in [0.5, 0.6) is 0 Å². The lowest BCUT2D eigenvalue weighted by molar-refractivity contribution is -0.111. The van der Waals surface area contributed by atoms with Crippen molar-refractivity contribution < 1.29 is 19.2 Å². The molecule has 2 rings (SSSR count). The smallest absolute Gasteiger partial charge is 0.410 e. The van der Waals surface area contributed by atoms with Gasteiger partial charge in [-0.1, -0.05) is 0 Å². The van der Waals surface area contributed by atoms with E-state index in [1.165, 1.54) is 0 Å². The van der Waals surface area contributed by atoms with E-state index in [-0.39, 0.29) is 24.2 Å². The van der Waals surface area contributed by atoms with E-state index in [0.717, 1.165) is 6.29 Å². The number of likely N-dealkylation sites (tertiary alicyclic amines) is 1. The Bertz CT molecular complexity index is 326. The summed E-state index contributed by atoms with van der Waals surface area (Å²) < 4.78 is 5.28. The van der Waals surface area contributed by atoms with E-state index >= 15 is 0 Å². The molecule has 3 unspecified atom stereocenters. The Labute approximate surface area is 100 Å². The Hall–Kier alpha value is -1.14. The summed E-state index contributed by atoms with van der Waals surface area (Å²) in [7, 11) is 0. The van der Waals surface area contributed by atoms with Gasteiger partial charge in [0, 0.05) is 12.5 Å². The highest BCUT2D eigenvalue weighted by Gasteiger charge is 2.46. The molecule has 2 fully saturated rings. The number of hydrogen-bond acceptors (Lipinski definition) is 5. The monoisotopic (exact) mass is 242 g/mol. The Kier molecular flexibility index (Phi) is 3.09. The summed E-state index contributed by atoms with van der Waals surface area (Å²) in [6.07, 6.45) is 0.362. The second-order valence-corrected chi connectivity index (χ2v) is 5.49. The second-order valence-electron chi connectivity index (χ2n) is 5.49. The quantitative estimate of drug-likeness (QED) is 0.671. The van der Waals surface area contributed by atoms with E-state index in [0.29, 0.717) is 13.1 Å². The van der Waals surface area contributed by atoms with Crippen molar-refractivity contribution in [3.63, 3.8) is 0 Å². The third-order valence-corrected chi connectivity index (χ3v) is 2.92. The maximum Gasteiger partial charge on any atom is 0.410 e. The fourth-order valence-electron chi connectivity index (χ4n) is 2.13. The van der Waals surface area contributed by atoms with Crippen LogP contribution in [0.3, 0.4) is 0 Å². The first kappa shape index (κ1) is 12.3. The Balaban J connectivity index is 1.94. The number of amides is 1. The molecule has 2 aliphatic rings. The van der Waals surface area contributed by atoms with Crippen molar-refractivity contribution in [3.8, 4) is 0 Å². The van der Waals surface area contributed by atoms with Crippen LogP contribution in [0, 0.1) is 5.92 Å². The molecule has 2 saturated heterocycles. The zero-order chi connectivity index (χ0) is 12.6. The van der Waals surface area contributed by atoms with Crippen LogP contribution in [-0.4, -0.2) is 48.1 Å². The van der Waals surface area contributed by atoms with Crippen LogP contribution in [0.1, 0.15) is 20.8 Å². The highest BCUT2D eigenvalue weighted by Crippen LogP contribution is 2.27. The molecule has 6 heteroatoms. The minimum absolute atomic E-state index is 0.0278. The normalized spacial score (nSPS) is 32.4. The van der Waals surface area contributed by atoms with Gasteiger partial charge < -0.3 is 14.4 Å². The van der Waals surface area contributed by atoms with Crippen molar-refractivity contribution in [1.82, 2.24) is 10.4 Å². The van der Waals surface area contributed by atoms with Gasteiger partial charge in [-0.2, -0.15) is 5.48 Å². The zero-order valence-corrected chi connectivity index (χ0v) is 10.3. The maximum absolute atomic E-state index is 11.8. The van der Waals surface area contributed by atoms with Crippen molar-refractivity contribution in [2.75, 3.05) is 13.1 Å². The first-order valence-electron chi connectivity index (χ1n) is 5.75. The molecule has 96 valence electrons. The van der Waals surface area contributed by atoms with Gasteiger partial charge in [0.15, 0.2) is 0 Å². The number of hydroxylamine groups is 1. The summed E-state index contributed by atoms with van der Waals surface area (Å²) >= 11 is 0. The topological polar surface area (TPSA) is 67.9 Å². The zero-order valence-electron chi connectivity index (χ0n) is 10.3. The van der Waals surface area contributed by atoms with Crippen LogP contribution in [0.2, 0.25) is 0 Å². The van der Waals surface area contributed by atoms with Gasteiger partial charge in [0.05, 0.1) is 12.6 Å². The second kappa shape index (κ2) is 4.27. The molecule has 0 aromatic rings. The van der Waals surface area contributed by atoms with E-state index in [1.54, 1.807) is 4.90 Å². The molecule has 17 heavy (non-hydrogen) atoms. The van der Waals surface area contributed by atoms with Gasteiger partial charge in [0.2, 0.25) is 0 Å². The molecule has 2 heterocycles. The molecule has 0 aromatic heterocycles. The van der Waals surface area contributed by atoms with E-state index in [4.69, 9.17) is 9.57 Å². The van der Waals surface area contributed by atoms with Gasteiger partial charge >= 0.3 is 6.09 Å². The fraction of sp³-hybridized carbons (Fsp3) is 0.818. The molecule has 0 aromatic carbocycles. The molecule has 0 saturated carbocycles. The fourth-order valence-corrected chi connectivity index (χ4v) is 2.13. The third kappa shape index (κ3) is 2.58. The van der Waals surface area contributed by atoms with E-state index in [2.05, 4.69) is 5.48 Å². The van der Waals surface area contributed by atoms with Crippen LogP contribution >= 0.6 is 0 Å². The standard InChI is InChI=1S/C11H18N2O4/c1-11(2,3)16-10(15)13-4-7-8(6-14)12-17-9(7)5-13/h6-9,12H,4-5H2,1-3H3.